The molecule has 0 saturated carbocycles. The molecule has 0 aliphatic carbocycles. The molecule has 0 bridgehead atoms. The first-order chi connectivity index (χ1) is 10.7. The third-order valence-electron chi connectivity index (χ3n) is 4.26. The van der Waals surface area contributed by atoms with Crippen molar-refractivity contribution in [1.82, 2.24) is 0 Å². The van der Waals surface area contributed by atoms with Crippen molar-refractivity contribution >= 4 is 0 Å². The van der Waals surface area contributed by atoms with Crippen LogP contribution in [-0.2, 0) is 6.42 Å². The molecule has 2 nitrogen and oxygen atoms in total. The molecule has 1 aliphatic rings. The second kappa shape index (κ2) is 8.67. The van der Waals surface area contributed by atoms with Gasteiger partial charge in [-0.05, 0) is 50.3 Å². The van der Waals surface area contributed by atoms with Crippen LogP contribution in [0.2, 0.25) is 0 Å². The molecule has 0 spiro atoms. The van der Waals surface area contributed by atoms with Crippen LogP contribution in [0, 0.1) is 0 Å². The Morgan fingerprint density at radius 1 is 1.23 bits per heavy atom. The van der Waals surface area contributed by atoms with E-state index in [9.17, 15) is 0 Å². The molecule has 0 radical (unpaired) electrons. The van der Waals surface area contributed by atoms with E-state index in [0.29, 0.717) is 6.61 Å². The Bertz CT molecular complexity index is 541. The highest BCUT2D eigenvalue weighted by Gasteiger charge is 2.12. The van der Waals surface area contributed by atoms with Gasteiger partial charge in [0.25, 0.3) is 0 Å². The van der Waals surface area contributed by atoms with Gasteiger partial charge in [-0.15, -0.1) is 0 Å². The maximum absolute atomic E-state index is 5.84. The van der Waals surface area contributed by atoms with E-state index in [1.807, 2.05) is 12.1 Å². The van der Waals surface area contributed by atoms with Crippen LogP contribution in [0.4, 0.5) is 0 Å². The fourth-order valence-corrected chi connectivity index (χ4v) is 2.56. The summed E-state index contributed by atoms with van der Waals surface area (Å²) in [6.45, 7) is 8.05. The second-order valence-electron chi connectivity index (χ2n) is 5.84. The van der Waals surface area contributed by atoms with E-state index >= 15 is 0 Å². The van der Waals surface area contributed by atoms with E-state index in [-0.39, 0.29) is 0 Å². The fourth-order valence-electron chi connectivity index (χ4n) is 2.56. The molecule has 120 valence electrons. The minimum Gasteiger partial charge on any atom is -0.493 e. The van der Waals surface area contributed by atoms with Crippen molar-refractivity contribution in [2.24, 2.45) is 0 Å². The summed E-state index contributed by atoms with van der Waals surface area (Å²) in [5, 5.41) is 0. The lowest BCUT2D eigenvalue weighted by Crippen LogP contribution is -1.96. The van der Waals surface area contributed by atoms with Gasteiger partial charge in [-0.3, -0.25) is 0 Å². The van der Waals surface area contributed by atoms with Crippen LogP contribution in [0.25, 0.3) is 0 Å². The second-order valence-corrected chi connectivity index (χ2v) is 5.84. The van der Waals surface area contributed by atoms with Crippen LogP contribution in [0.3, 0.4) is 0 Å². The van der Waals surface area contributed by atoms with Gasteiger partial charge in [-0.1, -0.05) is 37.1 Å². The van der Waals surface area contributed by atoms with Crippen molar-refractivity contribution in [3.63, 3.8) is 0 Å². The largest absolute Gasteiger partial charge is 0.493 e. The molecule has 2 heteroatoms. The van der Waals surface area contributed by atoms with Crippen LogP contribution < -0.4 is 9.47 Å². The third kappa shape index (κ3) is 4.94. The minimum absolute atomic E-state index is 0.637. The SMILES string of the molecule is CCC(C)=CCCC(=CCOc1ccc2c(c1)OCC2)CC. The highest BCUT2D eigenvalue weighted by molar-refractivity contribution is 5.42. The van der Waals surface area contributed by atoms with E-state index in [4.69, 9.17) is 9.47 Å². The average Bonchev–Trinajstić information content (AvgIpc) is 3.00. The lowest BCUT2D eigenvalue weighted by atomic mass is 10.1. The van der Waals surface area contributed by atoms with E-state index in [1.165, 1.54) is 16.7 Å². The molecule has 0 N–H and O–H groups in total. The van der Waals surface area contributed by atoms with E-state index in [0.717, 1.165) is 50.2 Å². The Kier molecular flexibility index (Phi) is 6.57. The third-order valence-corrected chi connectivity index (χ3v) is 4.26. The summed E-state index contributed by atoms with van der Waals surface area (Å²) in [7, 11) is 0. The Morgan fingerprint density at radius 3 is 2.86 bits per heavy atom. The molecule has 0 atom stereocenters. The Hall–Kier alpha value is -1.70. The summed E-state index contributed by atoms with van der Waals surface area (Å²) in [6, 6.07) is 6.16. The van der Waals surface area contributed by atoms with Crippen molar-refractivity contribution in [2.75, 3.05) is 13.2 Å². The van der Waals surface area contributed by atoms with Crippen LogP contribution in [0.15, 0.2) is 41.5 Å². The summed E-state index contributed by atoms with van der Waals surface area (Å²) in [4.78, 5) is 0. The highest BCUT2D eigenvalue weighted by atomic mass is 16.5. The highest BCUT2D eigenvalue weighted by Crippen LogP contribution is 2.29. The van der Waals surface area contributed by atoms with E-state index < -0.39 is 0 Å². The van der Waals surface area contributed by atoms with Crippen LogP contribution in [0.5, 0.6) is 11.5 Å². The van der Waals surface area contributed by atoms with Gasteiger partial charge in [-0.2, -0.15) is 0 Å². The molecule has 1 aromatic carbocycles. The Labute approximate surface area is 134 Å². The van der Waals surface area contributed by atoms with Crippen molar-refractivity contribution < 1.29 is 9.47 Å². The Balaban J connectivity index is 1.82. The zero-order chi connectivity index (χ0) is 15.8. The number of benzene rings is 1. The van der Waals surface area contributed by atoms with Crippen molar-refractivity contribution in [3.05, 3.63) is 47.1 Å². The number of hydrogen-bond donors (Lipinski definition) is 0. The predicted molar refractivity (Wildman–Crippen MR) is 92.8 cm³/mol. The van der Waals surface area contributed by atoms with Crippen LogP contribution >= 0.6 is 0 Å². The maximum atomic E-state index is 5.84. The molecular formula is C20H28O2. The standard InChI is InChI=1S/C20H28O2/c1-4-16(3)7-6-8-17(5-2)11-13-21-19-10-9-18-12-14-22-20(18)15-19/h7,9-11,15H,4-6,8,12-14H2,1-3H3. The summed E-state index contributed by atoms with van der Waals surface area (Å²) < 4.78 is 11.4. The first kappa shape index (κ1) is 16.7. The molecule has 22 heavy (non-hydrogen) atoms. The summed E-state index contributed by atoms with van der Waals surface area (Å²) in [6.07, 6.45) is 10.1. The smallest absolute Gasteiger partial charge is 0.126 e. The zero-order valence-corrected chi connectivity index (χ0v) is 14.2. The van der Waals surface area contributed by atoms with Crippen LogP contribution in [-0.4, -0.2) is 13.2 Å². The first-order valence-corrected chi connectivity index (χ1v) is 8.45. The molecule has 2 rings (SSSR count). The molecular weight excluding hydrogens is 272 g/mol. The lowest BCUT2D eigenvalue weighted by molar-refractivity contribution is 0.343. The number of rotatable bonds is 8. The fraction of sp³-hybridized carbons (Fsp3) is 0.500. The Morgan fingerprint density at radius 2 is 2.09 bits per heavy atom. The lowest BCUT2D eigenvalue weighted by Gasteiger charge is -2.07. The molecule has 0 amide bonds. The van der Waals surface area contributed by atoms with Gasteiger partial charge in [0.15, 0.2) is 0 Å². The van der Waals surface area contributed by atoms with Crippen LogP contribution in [0.1, 0.15) is 52.0 Å². The minimum atomic E-state index is 0.637. The summed E-state index contributed by atoms with van der Waals surface area (Å²) >= 11 is 0. The van der Waals surface area contributed by atoms with Crippen molar-refractivity contribution in [2.45, 2.75) is 52.9 Å². The van der Waals surface area contributed by atoms with Gasteiger partial charge in [0.2, 0.25) is 0 Å². The zero-order valence-electron chi connectivity index (χ0n) is 14.2. The molecule has 0 fully saturated rings. The van der Waals surface area contributed by atoms with Gasteiger partial charge in [0.1, 0.15) is 18.1 Å². The number of allylic oxidation sites excluding steroid dienone is 3. The van der Waals surface area contributed by atoms with Gasteiger partial charge in [-0.25, -0.2) is 0 Å². The normalized spacial score (nSPS) is 14.7. The molecule has 0 aromatic heterocycles. The predicted octanol–water partition coefficient (Wildman–Crippen LogP) is 5.47. The van der Waals surface area contributed by atoms with Gasteiger partial charge in [0, 0.05) is 12.5 Å². The van der Waals surface area contributed by atoms with E-state index in [1.54, 1.807) is 0 Å². The summed E-state index contributed by atoms with van der Waals surface area (Å²) in [5.74, 6) is 1.88. The van der Waals surface area contributed by atoms with Crippen molar-refractivity contribution in [3.8, 4) is 11.5 Å². The molecule has 1 aliphatic heterocycles. The van der Waals surface area contributed by atoms with Crippen molar-refractivity contribution in [1.29, 1.82) is 0 Å². The quantitative estimate of drug-likeness (QED) is 0.592. The average molecular weight is 300 g/mol. The topological polar surface area (TPSA) is 18.5 Å². The van der Waals surface area contributed by atoms with E-state index in [2.05, 4.69) is 39.0 Å². The molecule has 0 unspecified atom stereocenters. The monoisotopic (exact) mass is 300 g/mol. The molecule has 1 aromatic rings. The number of hydrogen-bond acceptors (Lipinski definition) is 2. The summed E-state index contributed by atoms with van der Waals surface area (Å²) in [5.41, 5.74) is 4.23. The van der Waals surface area contributed by atoms with Gasteiger partial charge >= 0.3 is 0 Å². The number of ether oxygens (including phenoxy) is 2. The molecule has 1 heterocycles. The van der Waals surface area contributed by atoms with Gasteiger partial charge in [0.05, 0.1) is 6.61 Å². The van der Waals surface area contributed by atoms with Gasteiger partial charge < -0.3 is 9.47 Å². The first-order valence-electron chi connectivity index (χ1n) is 8.45. The molecule has 0 saturated heterocycles. The maximum Gasteiger partial charge on any atom is 0.126 e. The number of fused-ring (bicyclic) bond motifs is 1.